The number of piperidine rings is 1. The minimum absolute atomic E-state index is 0.138. The van der Waals surface area contributed by atoms with Crippen LogP contribution in [0.25, 0.3) is 10.2 Å². The van der Waals surface area contributed by atoms with Crippen LogP contribution in [0.2, 0.25) is 0 Å². The van der Waals surface area contributed by atoms with Crippen molar-refractivity contribution in [3.8, 4) is 0 Å². The minimum atomic E-state index is -0.230. The van der Waals surface area contributed by atoms with E-state index in [1.165, 1.54) is 16.8 Å². The molecule has 1 aliphatic heterocycles. The average molecular weight is 427 g/mol. The Hall–Kier alpha value is -2.31. The second-order valence-electron chi connectivity index (χ2n) is 8.46. The third-order valence-corrected chi connectivity index (χ3v) is 7.15. The Balaban J connectivity index is 1.39. The van der Waals surface area contributed by atoms with E-state index in [4.69, 9.17) is 4.98 Å². The number of quaternary nitrogens is 1. The molecule has 0 aliphatic carbocycles. The first-order valence-corrected chi connectivity index (χ1v) is 11.5. The van der Waals surface area contributed by atoms with Crippen molar-refractivity contribution >= 4 is 27.5 Å². The van der Waals surface area contributed by atoms with Crippen LogP contribution in [-0.2, 0) is 4.79 Å². The van der Waals surface area contributed by atoms with Crippen LogP contribution in [0.4, 0.5) is 4.39 Å². The van der Waals surface area contributed by atoms with Crippen molar-refractivity contribution in [2.24, 2.45) is 5.92 Å². The van der Waals surface area contributed by atoms with E-state index in [0.717, 1.165) is 42.0 Å². The van der Waals surface area contributed by atoms with Gasteiger partial charge in [0.2, 0.25) is 0 Å². The van der Waals surface area contributed by atoms with Crippen molar-refractivity contribution in [3.63, 3.8) is 0 Å². The number of nitrogens with two attached hydrogens (primary N) is 1. The van der Waals surface area contributed by atoms with Crippen LogP contribution in [0.15, 0.2) is 48.5 Å². The van der Waals surface area contributed by atoms with Gasteiger partial charge in [0.1, 0.15) is 11.9 Å². The maximum Gasteiger partial charge on any atom is 0.277 e. The number of rotatable bonds is 6. The molecule has 0 spiro atoms. The highest BCUT2D eigenvalue weighted by atomic mass is 32.1. The summed E-state index contributed by atoms with van der Waals surface area (Å²) in [6, 6.07) is 15.0. The quantitative estimate of drug-likeness (QED) is 0.645. The molecule has 1 aliphatic rings. The van der Waals surface area contributed by atoms with Gasteiger partial charge < -0.3 is 10.2 Å². The lowest BCUT2D eigenvalue weighted by Crippen LogP contribution is -2.88. The lowest BCUT2D eigenvalue weighted by Gasteiger charge is -2.32. The summed E-state index contributed by atoms with van der Waals surface area (Å²) in [6.07, 6.45) is 2.09. The smallest absolute Gasteiger partial charge is 0.277 e. The van der Waals surface area contributed by atoms with Gasteiger partial charge >= 0.3 is 0 Å². The van der Waals surface area contributed by atoms with Gasteiger partial charge in [-0.2, -0.15) is 0 Å². The molecule has 2 N–H and O–H groups in total. The summed E-state index contributed by atoms with van der Waals surface area (Å²) in [7, 11) is 0. The van der Waals surface area contributed by atoms with E-state index in [1.807, 2.05) is 29.2 Å². The highest BCUT2D eigenvalue weighted by Crippen LogP contribution is 2.32. The highest BCUT2D eigenvalue weighted by molar-refractivity contribution is 7.18. The molecule has 0 bridgehead atoms. The standard InChI is InChI=1S/C24H28FN3OS/c1-16(2)23(17-9-11-19(25)12-10-17)26-14-22(29)28-13-5-6-18(15-28)24-27-20-7-3-4-8-21(20)30-24/h3-4,7-12,16,18,23,26H,5-6,13-15H2,1-2H3/p+1/t18-,23-/m0/s1. The molecule has 0 radical (unpaired) electrons. The molecular formula is C24H29FN3OS+. The average Bonchev–Trinajstić information content (AvgIpc) is 3.19. The SMILES string of the molecule is CC(C)[C@H]([NH2+]CC(=O)N1CCC[C@H](c2nc3ccccc3s2)C1)c1ccc(F)cc1. The number of carbonyl (C=O) groups excluding carboxylic acids is 1. The number of hydrogen-bond acceptors (Lipinski definition) is 3. The molecule has 2 atom stereocenters. The normalized spacial score (nSPS) is 18.1. The predicted molar refractivity (Wildman–Crippen MR) is 119 cm³/mol. The number of halogens is 1. The van der Waals surface area contributed by atoms with Gasteiger partial charge in [-0.15, -0.1) is 11.3 Å². The molecule has 2 aromatic carbocycles. The third kappa shape index (κ3) is 4.71. The van der Waals surface area contributed by atoms with Crippen LogP contribution in [0.3, 0.4) is 0 Å². The van der Waals surface area contributed by atoms with Crippen molar-refractivity contribution in [2.45, 2.75) is 38.6 Å². The van der Waals surface area contributed by atoms with Gasteiger partial charge in [-0.1, -0.05) is 38.1 Å². The Morgan fingerprint density at radius 3 is 2.73 bits per heavy atom. The number of benzene rings is 2. The van der Waals surface area contributed by atoms with Crippen molar-refractivity contribution < 1.29 is 14.5 Å². The molecule has 4 nitrogen and oxygen atoms in total. The molecule has 158 valence electrons. The largest absolute Gasteiger partial charge is 0.337 e. The first kappa shape index (κ1) is 20.9. The van der Waals surface area contributed by atoms with Gasteiger partial charge in [0.15, 0.2) is 6.54 Å². The summed E-state index contributed by atoms with van der Waals surface area (Å²) < 4.78 is 14.5. The van der Waals surface area contributed by atoms with E-state index in [1.54, 1.807) is 11.3 Å². The van der Waals surface area contributed by atoms with E-state index < -0.39 is 0 Å². The molecule has 1 saturated heterocycles. The lowest BCUT2D eigenvalue weighted by atomic mass is 9.96. The van der Waals surface area contributed by atoms with Crippen LogP contribution in [0, 0.1) is 11.7 Å². The molecule has 0 saturated carbocycles. The highest BCUT2D eigenvalue weighted by Gasteiger charge is 2.29. The van der Waals surface area contributed by atoms with E-state index in [-0.39, 0.29) is 17.8 Å². The van der Waals surface area contributed by atoms with Gasteiger partial charge in [0, 0.05) is 30.5 Å². The number of fused-ring (bicyclic) bond motifs is 1. The monoisotopic (exact) mass is 426 g/mol. The third-order valence-electron chi connectivity index (χ3n) is 5.95. The Labute approximate surface area is 181 Å². The molecule has 1 amide bonds. The van der Waals surface area contributed by atoms with Gasteiger partial charge in [-0.05, 0) is 37.1 Å². The van der Waals surface area contributed by atoms with Gasteiger partial charge in [0.25, 0.3) is 5.91 Å². The number of nitrogens with zero attached hydrogens (tertiary/aromatic N) is 2. The van der Waals surface area contributed by atoms with E-state index in [0.29, 0.717) is 18.4 Å². The van der Waals surface area contributed by atoms with Crippen LogP contribution < -0.4 is 5.32 Å². The molecule has 6 heteroatoms. The number of aromatic nitrogens is 1. The predicted octanol–water partition coefficient (Wildman–Crippen LogP) is 4.10. The molecule has 0 unspecified atom stereocenters. The molecule has 1 fully saturated rings. The van der Waals surface area contributed by atoms with Crippen molar-refractivity contribution in [1.82, 2.24) is 9.88 Å². The topological polar surface area (TPSA) is 49.8 Å². The number of thiazole rings is 1. The molecule has 4 rings (SSSR count). The van der Waals surface area contributed by atoms with Crippen LogP contribution >= 0.6 is 11.3 Å². The fourth-order valence-corrected chi connectivity index (χ4v) is 5.40. The number of amides is 1. The molecule has 3 aromatic rings. The van der Waals surface area contributed by atoms with Crippen LogP contribution in [0.1, 0.15) is 49.2 Å². The molecule has 30 heavy (non-hydrogen) atoms. The maximum atomic E-state index is 13.3. The summed E-state index contributed by atoms with van der Waals surface area (Å²) in [5.41, 5.74) is 2.11. The fraction of sp³-hybridized carbons (Fsp3) is 0.417. The van der Waals surface area contributed by atoms with Crippen molar-refractivity contribution in [3.05, 3.63) is 64.9 Å². The second-order valence-corrected chi connectivity index (χ2v) is 9.52. The van der Waals surface area contributed by atoms with Crippen LogP contribution in [0.5, 0.6) is 0 Å². The van der Waals surface area contributed by atoms with Gasteiger partial charge in [-0.3, -0.25) is 4.79 Å². The molecular weight excluding hydrogens is 397 g/mol. The first-order chi connectivity index (χ1) is 14.5. The molecule has 2 heterocycles. The summed E-state index contributed by atoms with van der Waals surface area (Å²) in [5, 5.41) is 3.24. The Morgan fingerprint density at radius 1 is 1.23 bits per heavy atom. The van der Waals surface area contributed by atoms with Crippen molar-refractivity contribution in [2.75, 3.05) is 19.6 Å². The van der Waals surface area contributed by atoms with E-state index in [2.05, 4.69) is 31.3 Å². The fourth-order valence-electron chi connectivity index (χ4n) is 4.30. The second kappa shape index (κ2) is 9.23. The summed E-state index contributed by atoms with van der Waals surface area (Å²) in [5.74, 6) is 0.610. The number of likely N-dealkylation sites (tertiary alicyclic amines) is 1. The van der Waals surface area contributed by atoms with E-state index >= 15 is 0 Å². The number of hydrogen-bond donors (Lipinski definition) is 1. The van der Waals surface area contributed by atoms with E-state index in [9.17, 15) is 9.18 Å². The maximum absolute atomic E-state index is 13.3. The Bertz CT molecular complexity index is 968. The van der Waals surface area contributed by atoms with Gasteiger partial charge in [-0.25, -0.2) is 9.37 Å². The van der Waals surface area contributed by atoms with Gasteiger partial charge in [0.05, 0.1) is 15.2 Å². The lowest BCUT2D eigenvalue weighted by molar-refractivity contribution is -0.692. The number of carbonyl (C=O) groups is 1. The summed E-state index contributed by atoms with van der Waals surface area (Å²) >= 11 is 1.75. The zero-order valence-electron chi connectivity index (χ0n) is 17.6. The zero-order chi connectivity index (χ0) is 21.1. The first-order valence-electron chi connectivity index (χ1n) is 10.7. The summed E-state index contributed by atoms with van der Waals surface area (Å²) in [4.78, 5) is 19.8. The Morgan fingerprint density at radius 2 is 2.00 bits per heavy atom. The minimum Gasteiger partial charge on any atom is -0.337 e. The van der Waals surface area contributed by atoms with Crippen molar-refractivity contribution in [1.29, 1.82) is 0 Å². The summed E-state index contributed by atoms with van der Waals surface area (Å²) in [6.45, 7) is 6.25. The number of para-hydroxylation sites is 1. The van der Waals surface area contributed by atoms with Crippen LogP contribution in [-0.4, -0.2) is 35.4 Å². The zero-order valence-corrected chi connectivity index (χ0v) is 18.4. The molecule has 1 aromatic heterocycles. The Kier molecular flexibility index (Phi) is 6.44.